The standard InChI is InChI=1S/C13H15N3O/c1-10-8-13(12(17)15-10)5-7-16(9-13)11-4-2-3-6-14-11/h2-4,6H,1,5,7-9H2,(H,15,17)/i6T. The Bertz CT molecular complexity index is 531. The summed E-state index contributed by atoms with van der Waals surface area (Å²) in [6, 6.07) is 5.36. The number of anilines is 1. The average Bonchev–Trinajstić information content (AvgIpc) is 2.85. The van der Waals surface area contributed by atoms with Crippen molar-refractivity contribution in [2.24, 2.45) is 5.41 Å². The topological polar surface area (TPSA) is 45.2 Å². The largest absolute Gasteiger partial charge is 0.355 e. The minimum absolute atomic E-state index is 0.0806. The van der Waals surface area contributed by atoms with E-state index in [2.05, 4.69) is 21.8 Å². The number of carbonyl (C=O) groups excluding carboxylic acids is 1. The highest BCUT2D eigenvalue weighted by molar-refractivity contribution is 5.88. The number of allylic oxidation sites excluding steroid dienone is 1. The quantitative estimate of drug-likeness (QED) is 0.792. The van der Waals surface area contributed by atoms with Gasteiger partial charge in [0.15, 0.2) is 0 Å². The van der Waals surface area contributed by atoms with E-state index in [-0.39, 0.29) is 17.5 Å². The number of nitrogens with one attached hydrogen (secondary N) is 1. The van der Waals surface area contributed by atoms with E-state index in [4.69, 9.17) is 1.37 Å². The summed E-state index contributed by atoms with van der Waals surface area (Å²) in [5.74, 6) is 0.863. The molecular weight excluding hydrogens is 214 g/mol. The van der Waals surface area contributed by atoms with Gasteiger partial charge in [-0.3, -0.25) is 4.79 Å². The fourth-order valence-electron chi connectivity index (χ4n) is 2.72. The van der Waals surface area contributed by atoms with Gasteiger partial charge in [-0.25, -0.2) is 4.98 Å². The lowest BCUT2D eigenvalue weighted by atomic mass is 9.85. The highest BCUT2D eigenvalue weighted by Crippen LogP contribution is 2.41. The predicted octanol–water partition coefficient (Wildman–Crippen LogP) is 1.31. The Balaban J connectivity index is 1.84. The molecule has 1 aromatic heterocycles. The lowest BCUT2D eigenvalue weighted by Gasteiger charge is -2.21. The van der Waals surface area contributed by atoms with E-state index in [9.17, 15) is 4.79 Å². The minimum atomic E-state index is -0.337. The van der Waals surface area contributed by atoms with Crippen LogP contribution in [0.15, 0.2) is 36.6 Å². The van der Waals surface area contributed by atoms with E-state index in [1.54, 1.807) is 6.07 Å². The first-order valence-corrected chi connectivity index (χ1v) is 5.77. The fraction of sp³-hybridized carbons (Fsp3) is 0.385. The summed E-state index contributed by atoms with van der Waals surface area (Å²) in [7, 11) is 0. The minimum Gasteiger partial charge on any atom is -0.355 e. The molecule has 4 heteroatoms. The Labute approximate surface area is 102 Å². The molecule has 1 amide bonds. The molecule has 2 aliphatic heterocycles. The third-order valence-electron chi connectivity index (χ3n) is 3.60. The molecule has 1 spiro atoms. The molecule has 1 aromatic rings. The number of hydrogen-bond acceptors (Lipinski definition) is 3. The van der Waals surface area contributed by atoms with Gasteiger partial charge in [0, 0.05) is 31.4 Å². The second-order valence-corrected chi connectivity index (χ2v) is 4.81. The lowest BCUT2D eigenvalue weighted by Crippen LogP contribution is -2.34. The van der Waals surface area contributed by atoms with Crippen molar-refractivity contribution in [2.45, 2.75) is 12.8 Å². The van der Waals surface area contributed by atoms with E-state index in [0.29, 0.717) is 13.0 Å². The van der Waals surface area contributed by atoms with Crippen LogP contribution in [0, 0.1) is 5.41 Å². The summed E-state index contributed by atoms with van der Waals surface area (Å²) in [6.07, 6.45) is 1.79. The summed E-state index contributed by atoms with van der Waals surface area (Å²) < 4.78 is 7.54. The van der Waals surface area contributed by atoms with Crippen LogP contribution in [-0.4, -0.2) is 24.0 Å². The zero-order valence-corrected chi connectivity index (χ0v) is 9.57. The summed E-state index contributed by atoms with van der Waals surface area (Å²) >= 11 is 0. The Morgan fingerprint density at radius 1 is 1.59 bits per heavy atom. The van der Waals surface area contributed by atoms with Crippen molar-refractivity contribution in [1.29, 1.82) is 0 Å². The normalized spacial score (nSPS) is 28.7. The Hall–Kier alpha value is -1.84. The van der Waals surface area contributed by atoms with Crippen LogP contribution in [0.25, 0.3) is 0 Å². The monoisotopic (exact) mass is 231 g/mol. The Morgan fingerprint density at radius 2 is 2.47 bits per heavy atom. The number of nitrogens with zero attached hydrogens (tertiary/aromatic N) is 2. The molecule has 2 saturated heterocycles. The van der Waals surface area contributed by atoms with Crippen LogP contribution >= 0.6 is 0 Å². The first-order valence-electron chi connectivity index (χ1n) is 6.27. The van der Waals surface area contributed by atoms with Gasteiger partial charge in [-0.05, 0) is 18.6 Å². The predicted molar refractivity (Wildman–Crippen MR) is 65.4 cm³/mol. The van der Waals surface area contributed by atoms with Gasteiger partial charge >= 0.3 is 0 Å². The van der Waals surface area contributed by atoms with Crippen molar-refractivity contribution >= 4 is 11.7 Å². The van der Waals surface area contributed by atoms with E-state index >= 15 is 0 Å². The molecule has 0 radical (unpaired) electrons. The first-order chi connectivity index (χ1) is 8.59. The Kier molecular flexibility index (Phi) is 1.94. The van der Waals surface area contributed by atoms with Crippen molar-refractivity contribution < 1.29 is 6.17 Å². The highest BCUT2D eigenvalue weighted by atomic mass is 16.2. The van der Waals surface area contributed by atoms with Crippen LogP contribution in [-0.2, 0) is 4.79 Å². The molecule has 0 saturated carbocycles. The molecule has 1 atom stereocenters. The second-order valence-electron chi connectivity index (χ2n) is 4.81. The van der Waals surface area contributed by atoms with Crippen LogP contribution in [0.1, 0.15) is 14.2 Å². The maximum Gasteiger partial charge on any atom is 0.232 e. The van der Waals surface area contributed by atoms with Crippen molar-refractivity contribution in [2.75, 3.05) is 18.0 Å². The summed E-state index contributed by atoms with van der Waals surface area (Å²) in [5, 5.41) is 2.82. The summed E-state index contributed by atoms with van der Waals surface area (Å²) in [4.78, 5) is 18.3. The number of amides is 1. The Morgan fingerprint density at radius 3 is 3.18 bits per heavy atom. The van der Waals surface area contributed by atoms with Gasteiger partial charge in [-0.2, -0.15) is 0 Å². The average molecular weight is 231 g/mol. The SMILES string of the molecule is [3H]c1cccc(N2CCC3(CC(=C)NC3=O)C2)n1. The third kappa shape index (κ3) is 1.60. The molecule has 88 valence electrons. The van der Waals surface area contributed by atoms with Gasteiger partial charge < -0.3 is 10.2 Å². The number of hydrogen-bond donors (Lipinski definition) is 1. The maximum absolute atomic E-state index is 12.0. The second kappa shape index (κ2) is 3.58. The molecule has 0 bridgehead atoms. The molecule has 1 N–H and O–H groups in total. The van der Waals surface area contributed by atoms with E-state index in [1.807, 2.05) is 12.1 Å². The van der Waals surface area contributed by atoms with Crippen molar-refractivity contribution in [1.82, 2.24) is 10.3 Å². The molecule has 1 unspecified atom stereocenters. The molecule has 2 aliphatic rings. The van der Waals surface area contributed by atoms with Crippen LogP contribution in [0.4, 0.5) is 5.82 Å². The van der Waals surface area contributed by atoms with Crippen molar-refractivity contribution in [3.63, 3.8) is 0 Å². The number of rotatable bonds is 1. The number of aromatic nitrogens is 1. The van der Waals surface area contributed by atoms with Gasteiger partial charge in [0.2, 0.25) is 5.91 Å². The van der Waals surface area contributed by atoms with Gasteiger partial charge in [-0.1, -0.05) is 12.6 Å². The fourth-order valence-corrected chi connectivity index (χ4v) is 2.72. The van der Waals surface area contributed by atoms with Crippen LogP contribution in [0.5, 0.6) is 0 Å². The zero-order chi connectivity index (χ0) is 12.8. The van der Waals surface area contributed by atoms with E-state index in [1.165, 1.54) is 0 Å². The molecule has 3 heterocycles. The van der Waals surface area contributed by atoms with Crippen LogP contribution < -0.4 is 10.2 Å². The van der Waals surface area contributed by atoms with Gasteiger partial charge in [0.1, 0.15) is 5.82 Å². The zero-order valence-electron chi connectivity index (χ0n) is 10.6. The van der Waals surface area contributed by atoms with Crippen molar-refractivity contribution in [3.05, 3.63) is 36.6 Å². The first kappa shape index (κ1) is 9.22. The van der Waals surface area contributed by atoms with Crippen LogP contribution in [0.3, 0.4) is 0 Å². The molecular formula is C13H15N3O. The summed E-state index contributed by atoms with van der Waals surface area (Å²) in [6.45, 7) is 5.30. The van der Waals surface area contributed by atoms with Crippen LogP contribution in [0.2, 0.25) is 0 Å². The lowest BCUT2D eigenvalue weighted by molar-refractivity contribution is -0.126. The van der Waals surface area contributed by atoms with Gasteiger partial charge in [-0.15, -0.1) is 0 Å². The maximum atomic E-state index is 12.0. The molecule has 2 fully saturated rings. The molecule has 0 aromatic carbocycles. The number of carbonyl (C=O) groups is 1. The third-order valence-corrected chi connectivity index (χ3v) is 3.60. The molecule has 3 rings (SSSR count). The van der Waals surface area contributed by atoms with Gasteiger partial charge in [0.05, 0.1) is 6.79 Å². The van der Waals surface area contributed by atoms with Gasteiger partial charge in [0.25, 0.3) is 0 Å². The molecule has 17 heavy (non-hydrogen) atoms. The van der Waals surface area contributed by atoms with Crippen molar-refractivity contribution in [3.8, 4) is 0 Å². The highest BCUT2D eigenvalue weighted by Gasteiger charge is 2.49. The number of pyridine rings is 1. The van der Waals surface area contributed by atoms with E-state index < -0.39 is 0 Å². The molecule has 4 nitrogen and oxygen atoms in total. The summed E-state index contributed by atoms with van der Waals surface area (Å²) in [5.41, 5.74) is 0.473. The molecule has 0 aliphatic carbocycles. The smallest absolute Gasteiger partial charge is 0.232 e. The van der Waals surface area contributed by atoms with E-state index in [0.717, 1.165) is 24.5 Å².